The van der Waals surface area contributed by atoms with Crippen LogP contribution in [-0.4, -0.2) is 28.1 Å². The molecule has 2 heterocycles. The van der Waals surface area contributed by atoms with Crippen LogP contribution >= 0.6 is 0 Å². The Bertz CT molecular complexity index is 688. The normalized spacial score (nSPS) is 21.3. The van der Waals surface area contributed by atoms with Crippen molar-refractivity contribution in [3.05, 3.63) is 59.9 Å². The average Bonchev–Trinajstić information content (AvgIpc) is 3.11. The summed E-state index contributed by atoms with van der Waals surface area (Å²) in [6.07, 6.45) is 8.11. The van der Waals surface area contributed by atoms with E-state index in [1.807, 2.05) is 11.0 Å². The minimum Gasteiger partial charge on any atom is -0.348 e. The summed E-state index contributed by atoms with van der Waals surface area (Å²) in [5, 5.41) is 3.29. The van der Waals surface area contributed by atoms with E-state index in [0.29, 0.717) is 6.04 Å². The maximum atomic E-state index is 13.0. The fourth-order valence-electron chi connectivity index (χ4n) is 4.09. The third kappa shape index (κ3) is 2.93. The summed E-state index contributed by atoms with van der Waals surface area (Å²) in [4.78, 5) is 15.0. The van der Waals surface area contributed by atoms with Crippen molar-refractivity contribution in [3.63, 3.8) is 0 Å². The molecule has 0 radical (unpaired) electrons. The van der Waals surface area contributed by atoms with Crippen LogP contribution < -0.4 is 5.32 Å². The summed E-state index contributed by atoms with van der Waals surface area (Å²) in [6.45, 7) is 1.61. The number of hydrogen-bond donors (Lipinski definition) is 1. The number of benzene rings is 1. The first-order valence-corrected chi connectivity index (χ1v) is 9.10. The van der Waals surface area contributed by atoms with Gasteiger partial charge in [0.2, 0.25) is 0 Å². The SMILES string of the molecule is O=C(NC1CCCCC1)N1CCn2cccc2C1c1ccccc1. The highest BCUT2D eigenvalue weighted by Gasteiger charge is 2.32. The van der Waals surface area contributed by atoms with Crippen molar-refractivity contribution in [1.82, 2.24) is 14.8 Å². The minimum absolute atomic E-state index is 0.00135. The summed E-state index contributed by atoms with van der Waals surface area (Å²) >= 11 is 0. The molecular weight excluding hydrogens is 298 g/mol. The lowest BCUT2D eigenvalue weighted by atomic mass is 9.95. The van der Waals surface area contributed by atoms with Crippen molar-refractivity contribution in [1.29, 1.82) is 0 Å². The lowest BCUT2D eigenvalue weighted by Crippen LogP contribution is -2.50. The molecule has 1 saturated carbocycles. The number of fused-ring (bicyclic) bond motifs is 1. The first-order valence-electron chi connectivity index (χ1n) is 9.10. The fourth-order valence-corrected chi connectivity index (χ4v) is 4.09. The van der Waals surface area contributed by atoms with Gasteiger partial charge in [-0.05, 0) is 30.5 Å². The van der Waals surface area contributed by atoms with Crippen LogP contribution in [0.1, 0.15) is 49.4 Å². The Balaban J connectivity index is 1.60. The molecule has 126 valence electrons. The summed E-state index contributed by atoms with van der Waals surface area (Å²) in [6, 6.07) is 15.0. The summed E-state index contributed by atoms with van der Waals surface area (Å²) in [5.74, 6) is 0. The number of carbonyl (C=O) groups is 1. The van der Waals surface area contributed by atoms with Crippen LogP contribution in [-0.2, 0) is 6.54 Å². The van der Waals surface area contributed by atoms with Crippen LogP contribution in [0.15, 0.2) is 48.7 Å². The monoisotopic (exact) mass is 323 g/mol. The van der Waals surface area contributed by atoms with Gasteiger partial charge in [-0.2, -0.15) is 0 Å². The first-order chi connectivity index (χ1) is 11.8. The highest BCUT2D eigenvalue weighted by atomic mass is 16.2. The van der Waals surface area contributed by atoms with E-state index in [9.17, 15) is 4.79 Å². The van der Waals surface area contributed by atoms with Crippen LogP contribution in [0.2, 0.25) is 0 Å². The van der Waals surface area contributed by atoms with Gasteiger partial charge >= 0.3 is 6.03 Å². The number of urea groups is 1. The molecule has 4 rings (SSSR count). The summed E-state index contributed by atoms with van der Waals surface area (Å²) in [7, 11) is 0. The predicted octanol–water partition coefficient (Wildman–Crippen LogP) is 3.94. The van der Waals surface area contributed by atoms with Crippen molar-refractivity contribution in [2.24, 2.45) is 0 Å². The number of rotatable bonds is 2. The van der Waals surface area contributed by atoms with Gasteiger partial charge in [-0.25, -0.2) is 4.79 Å². The number of carbonyl (C=O) groups excluding carboxylic acids is 1. The molecule has 0 saturated heterocycles. The quantitative estimate of drug-likeness (QED) is 0.893. The minimum atomic E-state index is -0.00135. The van der Waals surface area contributed by atoms with Crippen molar-refractivity contribution in [3.8, 4) is 0 Å². The van der Waals surface area contributed by atoms with Gasteiger partial charge in [0.05, 0.1) is 6.04 Å². The highest BCUT2D eigenvalue weighted by Crippen LogP contribution is 2.32. The number of nitrogens with one attached hydrogen (secondary N) is 1. The second-order valence-electron chi connectivity index (χ2n) is 6.92. The Morgan fingerprint density at radius 3 is 2.54 bits per heavy atom. The van der Waals surface area contributed by atoms with Crippen molar-refractivity contribution in [2.45, 2.75) is 50.7 Å². The molecule has 1 fully saturated rings. The molecule has 2 aromatic rings. The van der Waals surface area contributed by atoms with Crippen molar-refractivity contribution < 1.29 is 4.79 Å². The van der Waals surface area contributed by atoms with Gasteiger partial charge in [-0.3, -0.25) is 0 Å². The molecule has 2 amide bonds. The molecule has 1 aromatic heterocycles. The molecule has 1 atom stereocenters. The zero-order valence-electron chi connectivity index (χ0n) is 14.0. The molecule has 0 bridgehead atoms. The number of nitrogens with zero attached hydrogens (tertiary/aromatic N) is 2. The third-order valence-corrected chi connectivity index (χ3v) is 5.35. The van der Waals surface area contributed by atoms with E-state index in [1.54, 1.807) is 0 Å². The molecule has 1 N–H and O–H groups in total. The van der Waals surface area contributed by atoms with E-state index in [1.165, 1.54) is 30.5 Å². The maximum absolute atomic E-state index is 13.0. The molecular formula is C20H25N3O. The molecule has 0 spiro atoms. The second kappa shape index (κ2) is 6.71. The third-order valence-electron chi connectivity index (χ3n) is 5.35. The topological polar surface area (TPSA) is 37.3 Å². The molecule has 4 heteroatoms. The Morgan fingerprint density at radius 2 is 1.75 bits per heavy atom. The Morgan fingerprint density at radius 1 is 0.958 bits per heavy atom. The van der Waals surface area contributed by atoms with Crippen LogP contribution in [0.4, 0.5) is 4.79 Å². The molecule has 4 nitrogen and oxygen atoms in total. The van der Waals surface area contributed by atoms with Crippen molar-refractivity contribution >= 4 is 6.03 Å². The standard InChI is InChI=1S/C20H25N3O/c24-20(21-17-10-5-2-6-11-17)23-15-14-22-13-7-12-18(22)19(23)16-8-3-1-4-9-16/h1,3-4,7-9,12-13,17,19H,2,5-6,10-11,14-15H2,(H,21,24). The van der Waals surface area contributed by atoms with Gasteiger partial charge in [-0.1, -0.05) is 49.6 Å². The maximum Gasteiger partial charge on any atom is 0.318 e. The van der Waals surface area contributed by atoms with Crippen LogP contribution in [0.5, 0.6) is 0 Å². The zero-order valence-corrected chi connectivity index (χ0v) is 14.0. The van der Waals surface area contributed by atoms with E-state index in [0.717, 1.165) is 25.9 Å². The van der Waals surface area contributed by atoms with Gasteiger partial charge in [0.1, 0.15) is 0 Å². The average molecular weight is 323 g/mol. The van der Waals surface area contributed by atoms with E-state index in [-0.39, 0.29) is 12.1 Å². The molecule has 1 aliphatic heterocycles. The molecule has 1 aromatic carbocycles. The van der Waals surface area contributed by atoms with Crippen LogP contribution in [0, 0.1) is 0 Å². The lowest BCUT2D eigenvalue weighted by molar-refractivity contribution is 0.162. The number of amides is 2. The second-order valence-corrected chi connectivity index (χ2v) is 6.92. The Kier molecular flexibility index (Phi) is 4.28. The molecule has 1 unspecified atom stereocenters. The molecule has 24 heavy (non-hydrogen) atoms. The molecule has 1 aliphatic carbocycles. The van der Waals surface area contributed by atoms with Gasteiger partial charge in [0, 0.05) is 31.0 Å². The van der Waals surface area contributed by atoms with E-state index < -0.39 is 0 Å². The van der Waals surface area contributed by atoms with E-state index in [4.69, 9.17) is 0 Å². The summed E-state index contributed by atoms with van der Waals surface area (Å²) < 4.78 is 2.27. The number of hydrogen-bond acceptors (Lipinski definition) is 1. The van der Waals surface area contributed by atoms with Gasteiger partial charge in [0.15, 0.2) is 0 Å². The fraction of sp³-hybridized carbons (Fsp3) is 0.450. The van der Waals surface area contributed by atoms with E-state index >= 15 is 0 Å². The Labute approximate surface area is 143 Å². The predicted molar refractivity (Wildman–Crippen MR) is 94.8 cm³/mol. The van der Waals surface area contributed by atoms with Crippen LogP contribution in [0.3, 0.4) is 0 Å². The molecule has 2 aliphatic rings. The van der Waals surface area contributed by atoms with Crippen molar-refractivity contribution in [2.75, 3.05) is 6.54 Å². The van der Waals surface area contributed by atoms with Gasteiger partial charge in [0.25, 0.3) is 0 Å². The van der Waals surface area contributed by atoms with Crippen LogP contribution in [0.25, 0.3) is 0 Å². The van der Waals surface area contributed by atoms with Gasteiger partial charge in [-0.15, -0.1) is 0 Å². The smallest absolute Gasteiger partial charge is 0.318 e. The Hall–Kier alpha value is -2.23. The van der Waals surface area contributed by atoms with E-state index in [2.05, 4.69) is 52.5 Å². The largest absolute Gasteiger partial charge is 0.348 e. The highest BCUT2D eigenvalue weighted by molar-refractivity contribution is 5.76. The lowest BCUT2D eigenvalue weighted by Gasteiger charge is -2.38. The zero-order chi connectivity index (χ0) is 16.4. The number of aromatic nitrogens is 1. The first kappa shape index (κ1) is 15.3. The van der Waals surface area contributed by atoms with Gasteiger partial charge < -0.3 is 14.8 Å². The summed E-state index contributed by atoms with van der Waals surface area (Å²) in [5.41, 5.74) is 2.38.